The van der Waals surface area contributed by atoms with Gasteiger partial charge in [0.2, 0.25) is 0 Å². The van der Waals surface area contributed by atoms with Crippen LogP contribution in [-0.4, -0.2) is 14.0 Å². The molecule has 0 fully saturated rings. The van der Waals surface area contributed by atoms with Crippen molar-refractivity contribution in [3.05, 3.63) is 42.5 Å². The zero-order valence-electron chi connectivity index (χ0n) is 10.4. The van der Waals surface area contributed by atoms with Gasteiger partial charge in [0.25, 0.3) is 10.1 Å². The Hall–Kier alpha value is -1.13. The molecule has 0 atom stereocenters. The van der Waals surface area contributed by atoms with E-state index >= 15 is 0 Å². The molecule has 4 heteroatoms. The van der Waals surface area contributed by atoms with Crippen molar-refractivity contribution in [2.24, 2.45) is 0 Å². The Morgan fingerprint density at radius 2 is 1.82 bits per heavy atom. The Morgan fingerprint density at radius 3 is 2.29 bits per heavy atom. The standard InChI is InChI=1S/C13H18O3S/c1-5-10-13(3,4)16-17(14,15)12-8-6-11(2)7-9-12/h5-9H,1,10H2,2-4H3. The lowest BCUT2D eigenvalue weighted by molar-refractivity contribution is 0.121. The van der Waals surface area contributed by atoms with Gasteiger partial charge in [-0.1, -0.05) is 23.8 Å². The van der Waals surface area contributed by atoms with Gasteiger partial charge >= 0.3 is 0 Å². The molecule has 17 heavy (non-hydrogen) atoms. The third-order valence-electron chi connectivity index (χ3n) is 2.28. The van der Waals surface area contributed by atoms with Crippen molar-refractivity contribution in [1.29, 1.82) is 0 Å². The van der Waals surface area contributed by atoms with Crippen LogP contribution in [0.25, 0.3) is 0 Å². The Bertz CT molecular complexity index is 484. The number of aryl methyl sites for hydroxylation is 1. The fourth-order valence-corrected chi connectivity index (χ4v) is 2.66. The summed E-state index contributed by atoms with van der Waals surface area (Å²) in [5, 5.41) is 0. The molecule has 0 saturated carbocycles. The lowest BCUT2D eigenvalue weighted by Gasteiger charge is -2.22. The van der Waals surface area contributed by atoms with Crippen LogP contribution in [0.15, 0.2) is 41.8 Å². The van der Waals surface area contributed by atoms with Crippen molar-refractivity contribution < 1.29 is 12.6 Å². The van der Waals surface area contributed by atoms with E-state index < -0.39 is 15.7 Å². The third kappa shape index (κ3) is 3.98. The smallest absolute Gasteiger partial charge is 0.260 e. The van der Waals surface area contributed by atoms with E-state index in [9.17, 15) is 8.42 Å². The highest BCUT2D eigenvalue weighted by Crippen LogP contribution is 2.23. The maximum atomic E-state index is 12.0. The summed E-state index contributed by atoms with van der Waals surface area (Å²) in [6.07, 6.45) is 2.11. The first kappa shape index (κ1) is 13.9. The second-order valence-corrected chi connectivity index (χ2v) is 6.15. The maximum Gasteiger partial charge on any atom is 0.297 e. The van der Waals surface area contributed by atoms with Gasteiger partial charge in [0.1, 0.15) is 0 Å². The summed E-state index contributed by atoms with van der Waals surface area (Å²) >= 11 is 0. The van der Waals surface area contributed by atoms with Crippen LogP contribution >= 0.6 is 0 Å². The quantitative estimate of drug-likeness (QED) is 0.599. The summed E-state index contributed by atoms with van der Waals surface area (Å²) in [6, 6.07) is 6.59. The van der Waals surface area contributed by atoms with Gasteiger partial charge in [-0.05, 0) is 39.3 Å². The van der Waals surface area contributed by atoms with Crippen molar-refractivity contribution in [3.63, 3.8) is 0 Å². The molecule has 0 aliphatic carbocycles. The van der Waals surface area contributed by atoms with Gasteiger partial charge in [-0.2, -0.15) is 8.42 Å². The van der Waals surface area contributed by atoms with Crippen LogP contribution in [0.1, 0.15) is 25.8 Å². The zero-order chi connectivity index (χ0) is 13.1. The molecule has 0 saturated heterocycles. The molecule has 0 amide bonds. The fourth-order valence-electron chi connectivity index (χ4n) is 1.43. The second kappa shape index (κ2) is 5.02. The molecule has 94 valence electrons. The molecule has 0 bridgehead atoms. The zero-order valence-corrected chi connectivity index (χ0v) is 11.3. The Labute approximate surface area is 103 Å². The summed E-state index contributed by atoms with van der Waals surface area (Å²) in [5.41, 5.74) is 0.236. The fraction of sp³-hybridized carbons (Fsp3) is 0.385. The third-order valence-corrected chi connectivity index (χ3v) is 3.80. The van der Waals surface area contributed by atoms with Crippen LogP contribution in [-0.2, 0) is 14.3 Å². The predicted molar refractivity (Wildman–Crippen MR) is 68.3 cm³/mol. The van der Waals surface area contributed by atoms with Crippen LogP contribution in [0.2, 0.25) is 0 Å². The van der Waals surface area contributed by atoms with Gasteiger partial charge in [-0.25, -0.2) is 0 Å². The minimum atomic E-state index is -3.70. The van der Waals surface area contributed by atoms with E-state index in [0.717, 1.165) is 5.56 Å². The highest BCUT2D eigenvalue weighted by atomic mass is 32.2. The average molecular weight is 254 g/mol. The first-order valence-corrected chi connectivity index (χ1v) is 6.81. The van der Waals surface area contributed by atoms with E-state index in [1.165, 1.54) is 0 Å². The SMILES string of the molecule is C=CCC(C)(C)OS(=O)(=O)c1ccc(C)cc1. The summed E-state index contributed by atoms with van der Waals surface area (Å²) in [4.78, 5) is 0.181. The van der Waals surface area contributed by atoms with Crippen LogP contribution in [0, 0.1) is 6.92 Å². The molecule has 0 heterocycles. The summed E-state index contributed by atoms with van der Waals surface area (Å²) in [6.45, 7) is 8.93. The second-order valence-electron chi connectivity index (χ2n) is 4.60. The van der Waals surface area contributed by atoms with E-state index in [1.807, 2.05) is 6.92 Å². The van der Waals surface area contributed by atoms with Crippen molar-refractivity contribution in [2.45, 2.75) is 37.7 Å². The molecule has 0 aliphatic heterocycles. The van der Waals surface area contributed by atoms with E-state index in [-0.39, 0.29) is 4.90 Å². The van der Waals surface area contributed by atoms with Gasteiger partial charge in [0, 0.05) is 0 Å². The van der Waals surface area contributed by atoms with Crippen LogP contribution < -0.4 is 0 Å². The Balaban J connectivity index is 2.96. The van der Waals surface area contributed by atoms with Gasteiger partial charge in [0.15, 0.2) is 0 Å². The van der Waals surface area contributed by atoms with Crippen molar-refractivity contribution in [3.8, 4) is 0 Å². The van der Waals surface area contributed by atoms with Gasteiger partial charge in [0.05, 0.1) is 10.5 Å². The highest BCUT2D eigenvalue weighted by molar-refractivity contribution is 7.86. The number of hydrogen-bond acceptors (Lipinski definition) is 3. The molecule has 0 N–H and O–H groups in total. The minimum absolute atomic E-state index is 0.181. The largest absolute Gasteiger partial charge is 0.297 e. The van der Waals surface area contributed by atoms with Crippen molar-refractivity contribution in [2.75, 3.05) is 0 Å². The average Bonchev–Trinajstić information content (AvgIpc) is 2.16. The monoisotopic (exact) mass is 254 g/mol. The van der Waals surface area contributed by atoms with Crippen LogP contribution in [0.4, 0.5) is 0 Å². The molecule has 0 aromatic heterocycles. The van der Waals surface area contributed by atoms with Crippen molar-refractivity contribution in [1.82, 2.24) is 0 Å². The number of hydrogen-bond donors (Lipinski definition) is 0. The normalized spacial score (nSPS) is 12.4. The van der Waals surface area contributed by atoms with Gasteiger partial charge in [-0.15, -0.1) is 6.58 Å². The Morgan fingerprint density at radius 1 is 1.29 bits per heavy atom. The lowest BCUT2D eigenvalue weighted by atomic mass is 10.1. The number of benzene rings is 1. The van der Waals surface area contributed by atoms with Gasteiger partial charge in [-0.3, -0.25) is 4.18 Å². The van der Waals surface area contributed by atoms with Crippen LogP contribution in [0.3, 0.4) is 0 Å². The molecule has 3 nitrogen and oxygen atoms in total. The minimum Gasteiger partial charge on any atom is -0.260 e. The summed E-state index contributed by atoms with van der Waals surface area (Å²) in [5.74, 6) is 0. The van der Waals surface area contributed by atoms with E-state index in [0.29, 0.717) is 6.42 Å². The van der Waals surface area contributed by atoms with E-state index in [4.69, 9.17) is 4.18 Å². The van der Waals surface area contributed by atoms with E-state index in [1.54, 1.807) is 44.2 Å². The molecule has 1 aromatic carbocycles. The lowest BCUT2D eigenvalue weighted by Crippen LogP contribution is -2.27. The number of rotatable bonds is 5. The van der Waals surface area contributed by atoms with E-state index in [2.05, 4.69) is 6.58 Å². The van der Waals surface area contributed by atoms with Gasteiger partial charge < -0.3 is 0 Å². The highest BCUT2D eigenvalue weighted by Gasteiger charge is 2.26. The molecule has 1 aromatic rings. The predicted octanol–water partition coefficient (Wildman–Crippen LogP) is 3.06. The first-order valence-electron chi connectivity index (χ1n) is 5.40. The molecular formula is C13H18O3S. The molecule has 0 spiro atoms. The molecular weight excluding hydrogens is 236 g/mol. The topological polar surface area (TPSA) is 43.4 Å². The first-order chi connectivity index (χ1) is 7.77. The molecule has 0 radical (unpaired) electrons. The summed E-state index contributed by atoms with van der Waals surface area (Å²) in [7, 11) is -3.70. The summed E-state index contributed by atoms with van der Waals surface area (Å²) < 4.78 is 29.1. The maximum absolute atomic E-state index is 12.0. The van der Waals surface area contributed by atoms with Crippen molar-refractivity contribution >= 4 is 10.1 Å². The molecule has 1 rings (SSSR count). The molecule has 0 aliphatic rings. The Kier molecular flexibility index (Phi) is 4.11. The van der Waals surface area contributed by atoms with Crippen LogP contribution in [0.5, 0.6) is 0 Å². The molecule has 0 unspecified atom stereocenters.